The van der Waals surface area contributed by atoms with E-state index in [0.29, 0.717) is 6.42 Å². The summed E-state index contributed by atoms with van der Waals surface area (Å²) in [6, 6.07) is 0. The molecular formula is C9H16O4. The zero-order chi connectivity index (χ0) is 9.64. The lowest BCUT2D eigenvalue weighted by Crippen LogP contribution is -2.28. The monoisotopic (exact) mass is 188 g/mol. The molecule has 4 atom stereocenters. The van der Waals surface area contributed by atoms with Crippen LogP contribution in [0.4, 0.5) is 0 Å². The lowest BCUT2D eigenvalue weighted by molar-refractivity contribution is -0.167. The van der Waals surface area contributed by atoms with Gasteiger partial charge in [-0.3, -0.25) is 0 Å². The van der Waals surface area contributed by atoms with Gasteiger partial charge in [-0.05, 0) is 20.3 Å². The molecule has 1 aliphatic heterocycles. The summed E-state index contributed by atoms with van der Waals surface area (Å²) in [5.41, 5.74) is 0. The topological polar surface area (TPSA) is 58.9 Å². The number of rotatable bonds is 1. The lowest BCUT2D eigenvalue weighted by atomic mass is 10.1. The fourth-order valence-electron chi connectivity index (χ4n) is 2.24. The molecule has 76 valence electrons. The Kier molecular flexibility index (Phi) is 2.11. The molecule has 1 saturated carbocycles. The van der Waals surface area contributed by atoms with Crippen LogP contribution in [-0.4, -0.2) is 40.9 Å². The van der Waals surface area contributed by atoms with Crippen molar-refractivity contribution in [2.24, 2.45) is 5.92 Å². The van der Waals surface area contributed by atoms with E-state index in [2.05, 4.69) is 0 Å². The van der Waals surface area contributed by atoms with Crippen molar-refractivity contribution >= 4 is 0 Å². The second-order valence-corrected chi connectivity index (χ2v) is 4.31. The molecule has 1 saturated heterocycles. The molecule has 0 amide bonds. The number of aliphatic hydroxyl groups excluding tert-OH is 2. The highest BCUT2D eigenvalue weighted by Gasteiger charge is 2.53. The Morgan fingerprint density at radius 3 is 2.54 bits per heavy atom. The van der Waals surface area contributed by atoms with Crippen LogP contribution in [0.2, 0.25) is 0 Å². The van der Waals surface area contributed by atoms with Crippen LogP contribution < -0.4 is 0 Å². The molecule has 4 nitrogen and oxygen atoms in total. The highest BCUT2D eigenvalue weighted by atomic mass is 16.8. The number of hydrogen-bond acceptors (Lipinski definition) is 4. The summed E-state index contributed by atoms with van der Waals surface area (Å²) in [4.78, 5) is 0. The predicted octanol–water partition coefficient (Wildman–Crippen LogP) is -0.120. The maximum Gasteiger partial charge on any atom is 0.163 e. The van der Waals surface area contributed by atoms with Crippen molar-refractivity contribution < 1.29 is 19.7 Å². The second-order valence-electron chi connectivity index (χ2n) is 4.31. The molecule has 0 aromatic heterocycles. The van der Waals surface area contributed by atoms with Crippen LogP contribution in [-0.2, 0) is 9.47 Å². The number of hydrogen-bond donors (Lipinski definition) is 2. The van der Waals surface area contributed by atoms with Gasteiger partial charge in [-0.15, -0.1) is 0 Å². The van der Waals surface area contributed by atoms with Gasteiger partial charge in [0.05, 0.1) is 12.2 Å². The third-order valence-electron chi connectivity index (χ3n) is 2.79. The summed E-state index contributed by atoms with van der Waals surface area (Å²) in [6.07, 6.45) is -0.326. The Bertz CT molecular complexity index is 204. The van der Waals surface area contributed by atoms with E-state index in [1.807, 2.05) is 13.8 Å². The highest BCUT2D eigenvalue weighted by Crippen LogP contribution is 2.41. The van der Waals surface area contributed by atoms with Crippen molar-refractivity contribution in [3.8, 4) is 0 Å². The first-order chi connectivity index (χ1) is 6.03. The van der Waals surface area contributed by atoms with E-state index in [1.54, 1.807) is 0 Å². The van der Waals surface area contributed by atoms with Crippen LogP contribution >= 0.6 is 0 Å². The maximum absolute atomic E-state index is 9.62. The fourth-order valence-corrected chi connectivity index (χ4v) is 2.24. The van der Waals surface area contributed by atoms with Gasteiger partial charge in [0.2, 0.25) is 0 Å². The van der Waals surface area contributed by atoms with E-state index in [1.165, 1.54) is 0 Å². The molecule has 0 spiro atoms. The van der Waals surface area contributed by atoms with E-state index >= 15 is 0 Å². The van der Waals surface area contributed by atoms with Crippen LogP contribution in [0.25, 0.3) is 0 Å². The molecule has 4 heteroatoms. The first kappa shape index (κ1) is 9.40. The Hall–Kier alpha value is -0.160. The van der Waals surface area contributed by atoms with Crippen molar-refractivity contribution in [3.05, 3.63) is 0 Å². The number of aliphatic hydroxyl groups is 2. The summed E-state index contributed by atoms with van der Waals surface area (Å²) in [5.74, 6) is -0.605. The summed E-state index contributed by atoms with van der Waals surface area (Å²) in [7, 11) is 0. The molecule has 2 fully saturated rings. The molecule has 1 aliphatic carbocycles. The second kappa shape index (κ2) is 2.92. The Morgan fingerprint density at radius 1 is 1.31 bits per heavy atom. The Morgan fingerprint density at radius 2 is 1.92 bits per heavy atom. The summed E-state index contributed by atoms with van der Waals surface area (Å²) in [5, 5.41) is 18.7. The number of fused-ring (bicyclic) bond motifs is 1. The normalized spacial score (nSPS) is 48.0. The van der Waals surface area contributed by atoms with Gasteiger partial charge in [0, 0.05) is 12.5 Å². The standard InChI is InChI=1S/C9H16O4/c1-9(2)12-7-5(4-10)3-6(11)8(7)13-9/h5-8,10-11H,3-4H2,1-2H3/t5-,6-,7-,8+/m1/s1. The Labute approximate surface area is 77.5 Å². The molecule has 2 aliphatic rings. The molecule has 1 heterocycles. The Balaban J connectivity index is 2.12. The van der Waals surface area contributed by atoms with Gasteiger partial charge >= 0.3 is 0 Å². The zero-order valence-electron chi connectivity index (χ0n) is 7.93. The molecule has 0 unspecified atom stereocenters. The zero-order valence-corrected chi connectivity index (χ0v) is 7.93. The first-order valence-corrected chi connectivity index (χ1v) is 4.68. The molecule has 0 radical (unpaired) electrons. The molecular weight excluding hydrogens is 172 g/mol. The molecule has 2 N–H and O–H groups in total. The summed E-state index contributed by atoms with van der Waals surface area (Å²) >= 11 is 0. The molecule has 0 aromatic rings. The van der Waals surface area contributed by atoms with Gasteiger partial charge in [-0.25, -0.2) is 0 Å². The smallest absolute Gasteiger partial charge is 0.163 e. The van der Waals surface area contributed by atoms with Crippen LogP contribution in [0.3, 0.4) is 0 Å². The van der Waals surface area contributed by atoms with Crippen molar-refractivity contribution in [1.82, 2.24) is 0 Å². The first-order valence-electron chi connectivity index (χ1n) is 4.68. The maximum atomic E-state index is 9.62. The van der Waals surface area contributed by atoms with Crippen molar-refractivity contribution in [3.63, 3.8) is 0 Å². The van der Waals surface area contributed by atoms with Gasteiger partial charge in [0.15, 0.2) is 5.79 Å². The van der Waals surface area contributed by atoms with Crippen LogP contribution in [0, 0.1) is 5.92 Å². The molecule has 0 aromatic carbocycles. The lowest BCUT2D eigenvalue weighted by Gasteiger charge is -2.21. The van der Waals surface area contributed by atoms with Gasteiger partial charge in [-0.2, -0.15) is 0 Å². The minimum absolute atomic E-state index is 0.0155. The fraction of sp³-hybridized carbons (Fsp3) is 1.00. The van der Waals surface area contributed by atoms with E-state index < -0.39 is 11.9 Å². The van der Waals surface area contributed by atoms with Gasteiger partial charge in [0.25, 0.3) is 0 Å². The third-order valence-corrected chi connectivity index (χ3v) is 2.79. The van der Waals surface area contributed by atoms with Gasteiger partial charge in [-0.1, -0.05) is 0 Å². The average molecular weight is 188 g/mol. The van der Waals surface area contributed by atoms with Crippen molar-refractivity contribution in [1.29, 1.82) is 0 Å². The van der Waals surface area contributed by atoms with Crippen molar-refractivity contribution in [2.45, 2.75) is 44.4 Å². The number of ether oxygens (including phenoxy) is 2. The predicted molar refractivity (Wildman–Crippen MR) is 45.0 cm³/mol. The van der Waals surface area contributed by atoms with Crippen LogP contribution in [0.15, 0.2) is 0 Å². The van der Waals surface area contributed by atoms with Gasteiger partial charge < -0.3 is 19.7 Å². The van der Waals surface area contributed by atoms with Crippen LogP contribution in [0.1, 0.15) is 20.3 Å². The minimum atomic E-state index is -0.621. The quantitative estimate of drug-likeness (QED) is 0.602. The van der Waals surface area contributed by atoms with Gasteiger partial charge in [0.1, 0.15) is 6.10 Å². The SMILES string of the molecule is CC1(C)O[C@@H]2[C@@H](CO)C[C@@H](O)[C@@H]2O1. The average Bonchev–Trinajstić information content (AvgIpc) is 2.47. The largest absolute Gasteiger partial charge is 0.396 e. The molecule has 0 bridgehead atoms. The summed E-state index contributed by atoms with van der Waals surface area (Å²) in [6.45, 7) is 3.70. The molecule has 2 rings (SSSR count). The highest BCUT2D eigenvalue weighted by molar-refractivity contribution is 4.97. The van der Waals surface area contributed by atoms with E-state index in [4.69, 9.17) is 14.6 Å². The van der Waals surface area contributed by atoms with Crippen LogP contribution in [0.5, 0.6) is 0 Å². The molecule has 13 heavy (non-hydrogen) atoms. The van der Waals surface area contributed by atoms with Crippen molar-refractivity contribution in [2.75, 3.05) is 6.61 Å². The minimum Gasteiger partial charge on any atom is -0.396 e. The third kappa shape index (κ3) is 1.48. The van der Waals surface area contributed by atoms with E-state index in [-0.39, 0.29) is 24.7 Å². The van der Waals surface area contributed by atoms with E-state index in [9.17, 15) is 5.11 Å². The van der Waals surface area contributed by atoms with E-state index in [0.717, 1.165) is 0 Å². The summed E-state index contributed by atoms with van der Waals surface area (Å²) < 4.78 is 11.1.